The summed E-state index contributed by atoms with van der Waals surface area (Å²) in [5.74, 6) is 6.91. The smallest absolute Gasteiger partial charge is 0.296 e. The van der Waals surface area contributed by atoms with Crippen molar-refractivity contribution in [3.05, 3.63) is 78.2 Å². The molecule has 1 N–H and O–H groups in total. The predicted octanol–water partition coefficient (Wildman–Crippen LogP) is 4.19. The normalized spacial score (nSPS) is 14.3. The molecule has 1 amide bonds. The van der Waals surface area contributed by atoms with Crippen LogP contribution in [0.1, 0.15) is 37.8 Å². The Hall–Kier alpha value is -4.82. The maximum absolute atomic E-state index is 12.5. The van der Waals surface area contributed by atoms with E-state index in [-0.39, 0.29) is 11.4 Å². The number of hydrogen-bond donors (Lipinski definition) is 1. The standard InChI is InChI=1S/C30H28N6O2/c1-3-38-25-17-26(29-24(18-31)20-33-36(29)21-25)23-10-11-27(32-19-23)35-15-13-30(2,14-16-35)34-28(37)12-9-22-7-5-4-6-8-22/h4-8,10-11,17,19-21H,3,13-16H2,1-2H3,(H,34,37). The molecule has 1 aliphatic heterocycles. The molecule has 38 heavy (non-hydrogen) atoms. The molecule has 1 saturated heterocycles. The van der Waals surface area contributed by atoms with Crippen LogP contribution in [0.4, 0.5) is 5.82 Å². The van der Waals surface area contributed by atoms with Gasteiger partial charge in [0.25, 0.3) is 5.91 Å². The third kappa shape index (κ3) is 5.30. The van der Waals surface area contributed by atoms with E-state index in [1.165, 1.54) is 0 Å². The van der Waals surface area contributed by atoms with Crippen LogP contribution in [-0.4, -0.2) is 45.7 Å². The largest absolute Gasteiger partial charge is 0.492 e. The molecule has 0 spiro atoms. The number of amides is 1. The summed E-state index contributed by atoms with van der Waals surface area (Å²) in [6.07, 6.45) is 6.74. The van der Waals surface area contributed by atoms with E-state index in [4.69, 9.17) is 9.72 Å². The lowest BCUT2D eigenvalue weighted by atomic mass is 9.89. The van der Waals surface area contributed by atoms with Crippen molar-refractivity contribution in [1.82, 2.24) is 19.9 Å². The number of rotatable bonds is 5. The van der Waals surface area contributed by atoms with Crippen molar-refractivity contribution in [2.24, 2.45) is 0 Å². The zero-order chi connectivity index (χ0) is 26.5. The van der Waals surface area contributed by atoms with Crippen LogP contribution in [0, 0.1) is 23.2 Å². The third-order valence-electron chi connectivity index (χ3n) is 6.78. The van der Waals surface area contributed by atoms with Crippen LogP contribution in [0.3, 0.4) is 0 Å². The Labute approximate surface area is 221 Å². The molecule has 0 saturated carbocycles. The number of nitrogens with one attached hydrogen (secondary N) is 1. The van der Waals surface area contributed by atoms with Crippen LogP contribution in [0.2, 0.25) is 0 Å². The van der Waals surface area contributed by atoms with Crippen LogP contribution in [0.25, 0.3) is 16.6 Å². The van der Waals surface area contributed by atoms with Gasteiger partial charge in [0, 0.05) is 47.4 Å². The van der Waals surface area contributed by atoms with Gasteiger partial charge in [-0.15, -0.1) is 0 Å². The Morgan fingerprint density at radius 2 is 1.95 bits per heavy atom. The van der Waals surface area contributed by atoms with Crippen molar-refractivity contribution in [3.63, 3.8) is 0 Å². The van der Waals surface area contributed by atoms with E-state index in [0.29, 0.717) is 17.9 Å². The van der Waals surface area contributed by atoms with Gasteiger partial charge in [-0.2, -0.15) is 10.4 Å². The number of anilines is 1. The van der Waals surface area contributed by atoms with Crippen molar-refractivity contribution in [1.29, 1.82) is 5.26 Å². The predicted molar refractivity (Wildman–Crippen MR) is 146 cm³/mol. The molecule has 1 aromatic carbocycles. The Balaban J connectivity index is 1.28. The summed E-state index contributed by atoms with van der Waals surface area (Å²) in [5, 5.41) is 17.0. The van der Waals surface area contributed by atoms with E-state index in [2.05, 4.69) is 40.1 Å². The van der Waals surface area contributed by atoms with Gasteiger partial charge in [0.2, 0.25) is 0 Å². The molecule has 8 heteroatoms. The highest BCUT2D eigenvalue weighted by Crippen LogP contribution is 2.32. The van der Waals surface area contributed by atoms with E-state index in [1.54, 1.807) is 16.9 Å². The van der Waals surface area contributed by atoms with E-state index in [0.717, 1.165) is 54.0 Å². The molecular formula is C30H28N6O2. The van der Waals surface area contributed by atoms with Crippen LogP contribution in [0.15, 0.2) is 67.1 Å². The van der Waals surface area contributed by atoms with E-state index in [1.807, 2.05) is 61.7 Å². The first-order chi connectivity index (χ1) is 18.5. The second kappa shape index (κ2) is 10.7. The van der Waals surface area contributed by atoms with Crippen LogP contribution >= 0.6 is 0 Å². The number of fused-ring (bicyclic) bond motifs is 1. The molecule has 8 nitrogen and oxygen atoms in total. The first kappa shape index (κ1) is 24.9. The molecule has 4 aromatic rings. The molecule has 0 radical (unpaired) electrons. The summed E-state index contributed by atoms with van der Waals surface area (Å²) in [7, 11) is 0. The molecule has 0 unspecified atom stereocenters. The van der Waals surface area contributed by atoms with Gasteiger partial charge in [-0.25, -0.2) is 9.50 Å². The highest BCUT2D eigenvalue weighted by Gasteiger charge is 2.31. The number of nitrogens with zero attached hydrogens (tertiary/aromatic N) is 5. The molecule has 0 atom stereocenters. The van der Waals surface area contributed by atoms with Crippen molar-refractivity contribution < 1.29 is 9.53 Å². The highest BCUT2D eigenvalue weighted by atomic mass is 16.5. The Morgan fingerprint density at radius 3 is 2.63 bits per heavy atom. The van der Waals surface area contributed by atoms with Crippen LogP contribution < -0.4 is 15.0 Å². The fourth-order valence-corrected chi connectivity index (χ4v) is 4.69. The van der Waals surface area contributed by atoms with Gasteiger partial charge in [0.1, 0.15) is 17.6 Å². The Bertz CT molecular complexity index is 1550. The Morgan fingerprint density at radius 1 is 1.16 bits per heavy atom. The molecule has 0 bridgehead atoms. The van der Waals surface area contributed by atoms with Gasteiger partial charge >= 0.3 is 0 Å². The molecule has 5 rings (SSSR count). The summed E-state index contributed by atoms with van der Waals surface area (Å²) >= 11 is 0. The molecule has 1 aliphatic rings. The van der Waals surface area contributed by atoms with Crippen molar-refractivity contribution in [2.45, 2.75) is 32.2 Å². The quantitative estimate of drug-likeness (QED) is 0.410. The molecule has 0 aliphatic carbocycles. The number of hydrogen-bond acceptors (Lipinski definition) is 6. The van der Waals surface area contributed by atoms with Gasteiger partial charge in [-0.05, 0) is 57.0 Å². The van der Waals surface area contributed by atoms with Gasteiger partial charge in [0.05, 0.1) is 30.1 Å². The average molecular weight is 505 g/mol. The lowest BCUT2D eigenvalue weighted by Gasteiger charge is -2.40. The maximum atomic E-state index is 12.5. The number of carbonyl (C=O) groups excluding carboxylic acids is 1. The molecule has 1 fully saturated rings. The van der Waals surface area contributed by atoms with Crippen LogP contribution in [-0.2, 0) is 4.79 Å². The zero-order valence-electron chi connectivity index (χ0n) is 21.4. The van der Waals surface area contributed by atoms with Crippen molar-refractivity contribution in [3.8, 4) is 34.8 Å². The van der Waals surface area contributed by atoms with Crippen molar-refractivity contribution >= 4 is 17.2 Å². The summed E-state index contributed by atoms with van der Waals surface area (Å²) in [6.45, 7) is 6.05. The van der Waals surface area contributed by atoms with Gasteiger partial charge < -0.3 is 15.0 Å². The second-order valence-corrected chi connectivity index (χ2v) is 9.51. The van der Waals surface area contributed by atoms with Crippen LogP contribution in [0.5, 0.6) is 5.75 Å². The lowest BCUT2D eigenvalue weighted by molar-refractivity contribution is -0.117. The second-order valence-electron chi connectivity index (χ2n) is 9.51. The van der Waals surface area contributed by atoms with E-state index >= 15 is 0 Å². The molecule has 4 heterocycles. The average Bonchev–Trinajstić information content (AvgIpc) is 3.36. The first-order valence-electron chi connectivity index (χ1n) is 12.6. The fraction of sp³-hybridized carbons (Fsp3) is 0.267. The van der Waals surface area contributed by atoms with Gasteiger partial charge in [-0.1, -0.05) is 24.1 Å². The molecular weight excluding hydrogens is 476 g/mol. The van der Waals surface area contributed by atoms with E-state index in [9.17, 15) is 10.1 Å². The minimum Gasteiger partial charge on any atom is -0.492 e. The third-order valence-corrected chi connectivity index (χ3v) is 6.78. The fourth-order valence-electron chi connectivity index (χ4n) is 4.69. The summed E-state index contributed by atoms with van der Waals surface area (Å²) in [6, 6.07) is 17.6. The minimum absolute atomic E-state index is 0.260. The summed E-state index contributed by atoms with van der Waals surface area (Å²) < 4.78 is 7.39. The Kier molecular flexibility index (Phi) is 6.97. The van der Waals surface area contributed by atoms with Crippen molar-refractivity contribution in [2.75, 3.05) is 24.6 Å². The number of aromatic nitrogens is 3. The monoisotopic (exact) mass is 504 g/mol. The molecule has 190 valence electrons. The number of nitriles is 1. The first-order valence-corrected chi connectivity index (χ1v) is 12.6. The van der Waals surface area contributed by atoms with E-state index < -0.39 is 0 Å². The zero-order valence-corrected chi connectivity index (χ0v) is 21.4. The summed E-state index contributed by atoms with van der Waals surface area (Å²) in [4.78, 5) is 19.4. The number of benzene rings is 1. The minimum atomic E-state index is -0.320. The molecule has 3 aromatic heterocycles. The number of ether oxygens (including phenoxy) is 1. The number of carbonyl (C=O) groups is 1. The lowest BCUT2D eigenvalue weighted by Crippen LogP contribution is -2.53. The maximum Gasteiger partial charge on any atom is 0.296 e. The topological polar surface area (TPSA) is 95.5 Å². The van der Waals surface area contributed by atoms with Gasteiger partial charge in [-0.3, -0.25) is 4.79 Å². The highest BCUT2D eigenvalue weighted by molar-refractivity contribution is 5.94. The number of piperidine rings is 1. The summed E-state index contributed by atoms with van der Waals surface area (Å²) in [5.41, 5.74) is 3.45. The van der Waals surface area contributed by atoms with Gasteiger partial charge in [0.15, 0.2) is 0 Å². The SMILES string of the molecule is CCOc1cc(-c2ccc(N3CCC(C)(NC(=O)C#Cc4ccccc4)CC3)nc2)c2c(C#N)cnn2c1. The number of pyridine rings is 2.